The summed E-state index contributed by atoms with van der Waals surface area (Å²) in [6.45, 7) is 0. The summed E-state index contributed by atoms with van der Waals surface area (Å²) in [6, 6.07) is 5.19. The largest absolute Gasteiger partial charge is 0.495 e. The van der Waals surface area contributed by atoms with E-state index in [-0.39, 0.29) is 6.03 Å². The maximum Gasteiger partial charge on any atom is 0.319 e. The number of benzene rings is 1. The molecule has 0 radical (unpaired) electrons. The fraction of sp³-hybridized carbons (Fsp3) is 0.364. The van der Waals surface area contributed by atoms with Gasteiger partial charge in [-0.2, -0.15) is 0 Å². The minimum absolute atomic E-state index is 0.219. The maximum atomic E-state index is 11.5. The van der Waals surface area contributed by atoms with Crippen molar-refractivity contribution in [3.8, 4) is 5.75 Å². The van der Waals surface area contributed by atoms with Crippen LogP contribution in [0.25, 0.3) is 0 Å². The zero-order valence-corrected chi connectivity index (χ0v) is 9.67. The van der Waals surface area contributed by atoms with E-state index in [1.807, 2.05) is 0 Å². The van der Waals surface area contributed by atoms with Gasteiger partial charge in [0.15, 0.2) is 0 Å². The van der Waals surface area contributed by atoms with Gasteiger partial charge < -0.3 is 15.4 Å². The number of anilines is 1. The highest BCUT2D eigenvalue weighted by molar-refractivity contribution is 6.31. The molecule has 0 saturated heterocycles. The average Bonchev–Trinajstić information content (AvgIpc) is 3.02. The van der Waals surface area contributed by atoms with Crippen LogP contribution in [0.3, 0.4) is 0 Å². The number of carbonyl (C=O) groups excluding carboxylic acids is 1. The molecule has 0 unspecified atom stereocenters. The van der Waals surface area contributed by atoms with Crippen molar-refractivity contribution in [2.45, 2.75) is 18.9 Å². The molecule has 1 fully saturated rings. The molecule has 1 aromatic carbocycles. The third kappa shape index (κ3) is 2.79. The predicted molar refractivity (Wildman–Crippen MR) is 63.2 cm³/mol. The van der Waals surface area contributed by atoms with Crippen LogP contribution >= 0.6 is 11.6 Å². The Morgan fingerprint density at radius 1 is 1.50 bits per heavy atom. The minimum Gasteiger partial charge on any atom is -0.495 e. The molecule has 2 N–H and O–H groups in total. The van der Waals surface area contributed by atoms with E-state index in [1.165, 1.54) is 0 Å². The number of methoxy groups -OCH3 is 1. The van der Waals surface area contributed by atoms with Crippen molar-refractivity contribution in [1.82, 2.24) is 5.32 Å². The number of halogens is 1. The normalized spacial score (nSPS) is 14.4. The molecule has 5 heteroatoms. The molecule has 1 aliphatic carbocycles. The molecule has 0 aromatic heterocycles. The van der Waals surface area contributed by atoms with Crippen LogP contribution in [-0.2, 0) is 0 Å². The number of amides is 2. The van der Waals surface area contributed by atoms with Crippen molar-refractivity contribution in [3.63, 3.8) is 0 Å². The van der Waals surface area contributed by atoms with Crippen molar-refractivity contribution in [2.24, 2.45) is 0 Å². The number of urea groups is 1. The lowest BCUT2D eigenvalue weighted by atomic mass is 10.3. The van der Waals surface area contributed by atoms with E-state index in [2.05, 4.69) is 10.6 Å². The van der Waals surface area contributed by atoms with Gasteiger partial charge in [0.1, 0.15) is 5.75 Å². The summed E-state index contributed by atoms with van der Waals surface area (Å²) in [4.78, 5) is 11.5. The lowest BCUT2D eigenvalue weighted by Gasteiger charge is -2.10. The lowest BCUT2D eigenvalue weighted by Crippen LogP contribution is -2.30. The van der Waals surface area contributed by atoms with E-state index in [9.17, 15) is 4.79 Å². The van der Waals surface area contributed by atoms with Gasteiger partial charge in [0.25, 0.3) is 0 Å². The smallest absolute Gasteiger partial charge is 0.319 e. The van der Waals surface area contributed by atoms with Gasteiger partial charge in [0, 0.05) is 11.1 Å². The van der Waals surface area contributed by atoms with E-state index < -0.39 is 0 Å². The van der Waals surface area contributed by atoms with Crippen molar-refractivity contribution in [2.75, 3.05) is 12.4 Å². The van der Waals surface area contributed by atoms with Gasteiger partial charge in [-0.25, -0.2) is 4.79 Å². The van der Waals surface area contributed by atoms with Crippen molar-refractivity contribution in [3.05, 3.63) is 23.2 Å². The van der Waals surface area contributed by atoms with Crippen LogP contribution in [0.15, 0.2) is 18.2 Å². The van der Waals surface area contributed by atoms with Crippen LogP contribution < -0.4 is 15.4 Å². The van der Waals surface area contributed by atoms with E-state index in [0.29, 0.717) is 22.5 Å². The third-order valence-electron chi connectivity index (χ3n) is 2.32. The zero-order valence-electron chi connectivity index (χ0n) is 8.92. The van der Waals surface area contributed by atoms with E-state index in [4.69, 9.17) is 16.3 Å². The van der Waals surface area contributed by atoms with Crippen LogP contribution in [0.1, 0.15) is 12.8 Å². The van der Waals surface area contributed by atoms with Crippen LogP contribution in [0.4, 0.5) is 10.5 Å². The second kappa shape index (κ2) is 4.61. The van der Waals surface area contributed by atoms with Gasteiger partial charge in [0.2, 0.25) is 0 Å². The molecule has 1 aromatic rings. The molecule has 1 saturated carbocycles. The second-order valence-corrected chi connectivity index (χ2v) is 4.15. The lowest BCUT2D eigenvalue weighted by molar-refractivity contribution is 0.251. The molecule has 2 amide bonds. The van der Waals surface area contributed by atoms with Gasteiger partial charge >= 0.3 is 6.03 Å². The topological polar surface area (TPSA) is 50.4 Å². The summed E-state index contributed by atoms with van der Waals surface area (Å²) in [7, 11) is 1.55. The zero-order chi connectivity index (χ0) is 11.5. The van der Waals surface area contributed by atoms with Crippen LogP contribution in [0.2, 0.25) is 5.02 Å². The van der Waals surface area contributed by atoms with Crippen LogP contribution in [-0.4, -0.2) is 19.2 Å². The molecule has 4 nitrogen and oxygen atoms in total. The summed E-state index contributed by atoms with van der Waals surface area (Å²) >= 11 is 5.85. The standard InChI is InChI=1S/C11H13ClN2O2/c1-16-10-5-2-7(12)6-9(10)14-11(15)13-8-3-4-8/h2,5-6,8H,3-4H2,1H3,(H2,13,14,15). The highest BCUT2D eigenvalue weighted by atomic mass is 35.5. The van der Waals surface area contributed by atoms with E-state index in [1.54, 1.807) is 25.3 Å². The number of rotatable bonds is 3. The Labute approximate surface area is 98.9 Å². The monoisotopic (exact) mass is 240 g/mol. The Morgan fingerprint density at radius 2 is 2.25 bits per heavy atom. The molecule has 0 aliphatic heterocycles. The summed E-state index contributed by atoms with van der Waals surface area (Å²) in [5.41, 5.74) is 0.577. The second-order valence-electron chi connectivity index (χ2n) is 3.72. The van der Waals surface area contributed by atoms with Crippen LogP contribution in [0.5, 0.6) is 5.75 Å². The SMILES string of the molecule is COc1ccc(Cl)cc1NC(=O)NC1CC1. The Morgan fingerprint density at radius 3 is 2.88 bits per heavy atom. The minimum atomic E-state index is -0.219. The van der Waals surface area contributed by atoms with Gasteiger partial charge in [-0.3, -0.25) is 0 Å². The third-order valence-corrected chi connectivity index (χ3v) is 2.56. The van der Waals surface area contributed by atoms with Gasteiger partial charge in [0.05, 0.1) is 12.8 Å². The highest BCUT2D eigenvalue weighted by Crippen LogP contribution is 2.27. The first-order valence-electron chi connectivity index (χ1n) is 5.10. The summed E-state index contributed by atoms with van der Waals surface area (Å²) in [5, 5.41) is 6.10. The summed E-state index contributed by atoms with van der Waals surface area (Å²) in [5.74, 6) is 0.593. The van der Waals surface area contributed by atoms with Crippen molar-refractivity contribution >= 4 is 23.3 Å². The Hall–Kier alpha value is -1.42. The first-order chi connectivity index (χ1) is 7.69. The average molecular weight is 241 g/mol. The quantitative estimate of drug-likeness (QED) is 0.853. The van der Waals surface area contributed by atoms with Crippen molar-refractivity contribution < 1.29 is 9.53 Å². The summed E-state index contributed by atoms with van der Waals surface area (Å²) in [6.07, 6.45) is 2.11. The Kier molecular flexibility index (Phi) is 3.19. The fourth-order valence-corrected chi connectivity index (χ4v) is 1.52. The molecule has 0 heterocycles. The molecule has 1 aliphatic rings. The van der Waals surface area contributed by atoms with Gasteiger partial charge in [-0.15, -0.1) is 0 Å². The molecule has 2 rings (SSSR count). The Balaban J connectivity index is 2.05. The maximum absolute atomic E-state index is 11.5. The number of carbonyl (C=O) groups is 1. The predicted octanol–water partition coefficient (Wildman–Crippen LogP) is 2.63. The van der Waals surface area contributed by atoms with Gasteiger partial charge in [-0.1, -0.05) is 11.6 Å². The molecular formula is C11H13ClN2O2. The molecule has 86 valence electrons. The number of hydrogen-bond acceptors (Lipinski definition) is 2. The molecule has 0 spiro atoms. The molecule has 0 atom stereocenters. The highest BCUT2D eigenvalue weighted by Gasteiger charge is 2.23. The van der Waals surface area contributed by atoms with E-state index >= 15 is 0 Å². The molecular weight excluding hydrogens is 228 g/mol. The first-order valence-corrected chi connectivity index (χ1v) is 5.48. The number of hydrogen-bond donors (Lipinski definition) is 2. The number of nitrogens with one attached hydrogen (secondary N) is 2. The van der Waals surface area contributed by atoms with Crippen molar-refractivity contribution in [1.29, 1.82) is 0 Å². The van der Waals surface area contributed by atoms with Gasteiger partial charge in [-0.05, 0) is 31.0 Å². The molecule has 0 bridgehead atoms. The van der Waals surface area contributed by atoms with E-state index in [0.717, 1.165) is 12.8 Å². The summed E-state index contributed by atoms with van der Waals surface area (Å²) < 4.78 is 5.12. The fourth-order valence-electron chi connectivity index (χ4n) is 1.35. The number of ether oxygens (including phenoxy) is 1. The first kappa shape index (κ1) is 11.1. The molecule has 16 heavy (non-hydrogen) atoms. The Bertz CT molecular complexity index is 405. The van der Waals surface area contributed by atoms with Crippen LogP contribution in [0, 0.1) is 0 Å².